The van der Waals surface area contributed by atoms with Gasteiger partial charge >= 0.3 is 0 Å². The van der Waals surface area contributed by atoms with E-state index in [1.54, 1.807) is 12.1 Å². The Morgan fingerprint density at radius 2 is 0.981 bits per heavy atom. The molecule has 0 aliphatic heterocycles. The highest BCUT2D eigenvalue weighted by molar-refractivity contribution is 6.17. The lowest BCUT2D eigenvalue weighted by Crippen LogP contribution is -2.10. The zero-order valence-electron chi connectivity index (χ0n) is 28.4. The minimum atomic E-state index is -0.271. The van der Waals surface area contributed by atoms with Crippen LogP contribution >= 0.6 is 0 Å². The van der Waals surface area contributed by atoms with Gasteiger partial charge in [0.15, 0.2) is 0 Å². The molecule has 5 heteroatoms. The van der Waals surface area contributed by atoms with Gasteiger partial charge in [0.1, 0.15) is 17.0 Å². The van der Waals surface area contributed by atoms with Gasteiger partial charge in [0.25, 0.3) is 0 Å². The van der Waals surface area contributed by atoms with Crippen molar-refractivity contribution in [2.24, 2.45) is 0 Å². The molecule has 0 aliphatic carbocycles. The van der Waals surface area contributed by atoms with Gasteiger partial charge in [0.2, 0.25) is 0 Å². The lowest BCUT2D eigenvalue weighted by atomic mass is 10.1. The predicted octanol–water partition coefficient (Wildman–Crippen LogP) is 13.4. The van der Waals surface area contributed by atoms with Crippen LogP contribution in [0.25, 0.3) is 76.9 Å². The summed E-state index contributed by atoms with van der Waals surface area (Å²) in [6.07, 6.45) is 0. The molecule has 53 heavy (non-hydrogen) atoms. The van der Waals surface area contributed by atoms with Crippen molar-refractivity contribution in [3.05, 3.63) is 188 Å². The molecule has 0 amide bonds. The van der Waals surface area contributed by atoms with E-state index in [1.807, 2.05) is 30.3 Å². The van der Waals surface area contributed by atoms with Crippen LogP contribution in [0.15, 0.2) is 186 Å². The average Bonchev–Trinajstić information content (AvgIpc) is 3.86. The summed E-state index contributed by atoms with van der Waals surface area (Å²) in [6, 6.07) is 62.2. The summed E-state index contributed by atoms with van der Waals surface area (Å²) < 4.78 is 25.7. The summed E-state index contributed by atoms with van der Waals surface area (Å²) in [6.45, 7) is 0. The van der Waals surface area contributed by atoms with E-state index in [-0.39, 0.29) is 5.82 Å². The zero-order valence-corrected chi connectivity index (χ0v) is 28.4. The molecule has 0 N–H and O–H groups in total. The Bertz CT molecular complexity index is 3210. The molecule has 0 radical (unpaired) electrons. The fourth-order valence-electron chi connectivity index (χ4n) is 8.31. The van der Waals surface area contributed by atoms with Crippen LogP contribution in [0, 0.1) is 5.82 Å². The van der Waals surface area contributed by atoms with Gasteiger partial charge in [-0.05, 0) is 84.9 Å². The van der Waals surface area contributed by atoms with Crippen LogP contribution in [0.3, 0.4) is 0 Å². The second-order valence-corrected chi connectivity index (χ2v) is 13.5. The maximum Gasteiger partial charge on any atom is 0.137 e. The molecular weight excluding hydrogens is 654 g/mol. The second kappa shape index (κ2) is 11.5. The highest BCUT2D eigenvalue weighted by Gasteiger charge is 2.23. The van der Waals surface area contributed by atoms with E-state index in [0.717, 1.165) is 83.2 Å². The van der Waals surface area contributed by atoms with Crippen LogP contribution < -0.4 is 4.90 Å². The van der Waals surface area contributed by atoms with Gasteiger partial charge in [-0.25, -0.2) is 4.39 Å². The number of benzene rings is 8. The van der Waals surface area contributed by atoms with E-state index in [4.69, 9.17) is 4.42 Å². The van der Waals surface area contributed by atoms with E-state index in [1.165, 1.54) is 16.8 Å². The Kier molecular flexibility index (Phi) is 6.40. The molecular formula is C48H30FN3O. The third-order valence-electron chi connectivity index (χ3n) is 10.5. The molecule has 0 saturated heterocycles. The molecule has 0 unspecified atom stereocenters. The Morgan fingerprint density at radius 1 is 0.396 bits per heavy atom. The van der Waals surface area contributed by atoms with Crippen molar-refractivity contribution in [2.75, 3.05) is 4.90 Å². The minimum Gasteiger partial charge on any atom is -0.456 e. The highest BCUT2D eigenvalue weighted by atomic mass is 19.1. The number of anilines is 3. The van der Waals surface area contributed by atoms with Crippen molar-refractivity contribution in [3.8, 4) is 11.4 Å². The summed E-state index contributed by atoms with van der Waals surface area (Å²) in [4.78, 5) is 2.34. The SMILES string of the molecule is Fc1cccc(-n2c3ccccc3c3c(N(c4ccc5c(c4)oc4ccccc45)c4ccc5c6ccccc6n(-c6ccccc6)c5c4)cccc32)c1. The number of hydrogen-bond donors (Lipinski definition) is 0. The zero-order chi connectivity index (χ0) is 35.0. The van der Waals surface area contributed by atoms with Crippen molar-refractivity contribution in [1.29, 1.82) is 0 Å². The predicted molar refractivity (Wildman–Crippen MR) is 217 cm³/mol. The Morgan fingerprint density at radius 3 is 1.81 bits per heavy atom. The molecule has 0 aliphatic rings. The van der Waals surface area contributed by atoms with Gasteiger partial charge < -0.3 is 18.5 Å². The normalized spacial score (nSPS) is 11.9. The summed E-state index contributed by atoms with van der Waals surface area (Å²) in [5.41, 5.74) is 10.8. The van der Waals surface area contributed by atoms with Crippen molar-refractivity contribution < 1.29 is 8.81 Å². The number of hydrogen-bond acceptors (Lipinski definition) is 2. The largest absolute Gasteiger partial charge is 0.456 e. The smallest absolute Gasteiger partial charge is 0.137 e. The second-order valence-electron chi connectivity index (χ2n) is 13.5. The lowest BCUT2D eigenvalue weighted by molar-refractivity contribution is 0.627. The first-order chi connectivity index (χ1) is 26.2. The van der Waals surface area contributed by atoms with E-state index in [2.05, 4.69) is 147 Å². The molecule has 11 rings (SSSR count). The first-order valence-corrected chi connectivity index (χ1v) is 17.8. The quantitative estimate of drug-likeness (QED) is 0.180. The first kappa shape index (κ1) is 29.6. The topological polar surface area (TPSA) is 26.2 Å². The average molecular weight is 684 g/mol. The van der Waals surface area contributed by atoms with Gasteiger partial charge in [-0.3, -0.25) is 0 Å². The van der Waals surface area contributed by atoms with Crippen molar-refractivity contribution in [2.45, 2.75) is 0 Å². The molecule has 0 bridgehead atoms. The molecule has 0 saturated carbocycles. The standard InChI is InChI=1S/C48H30FN3O/c49-31-12-10-15-33(28-31)52-42-20-8-5-18-40(42)48-43(21-11-22-44(48)52)50(35-25-27-39-38-17-6-9-23-46(38)53-47(39)30-35)34-24-26-37-36-16-4-7-19-41(36)51(45(37)29-34)32-13-2-1-3-14-32/h1-30H. The van der Waals surface area contributed by atoms with Crippen LogP contribution in [-0.2, 0) is 0 Å². The fourth-order valence-corrected chi connectivity index (χ4v) is 8.31. The number of rotatable bonds is 5. The lowest BCUT2D eigenvalue weighted by Gasteiger charge is -2.27. The summed E-state index contributed by atoms with van der Waals surface area (Å²) >= 11 is 0. The Labute approximate surface area is 303 Å². The van der Waals surface area contributed by atoms with E-state index < -0.39 is 0 Å². The van der Waals surface area contributed by atoms with Gasteiger partial charge in [0, 0.05) is 61.1 Å². The highest BCUT2D eigenvalue weighted by Crippen LogP contribution is 2.46. The summed E-state index contributed by atoms with van der Waals surface area (Å²) in [7, 11) is 0. The van der Waals surface area contributed by atoms with Gasteiger partial charge in [-0.15, -0.1) is 0 Å². The van der Waals surface area contributed by atoms with Crippen LogP contribution in [-0.4, -0.2) is 9.13 Å². The van der Waals surface area contributed by atoms with Crippen molar-refractivity contribution in [3.63, 3.8) is 0 Å². The maximum absolute atomic E-state index is 14.7. The number of furan rings is 1. The summed E-state index contributed by atoms with van der Waals surface area (Å²) in [5, 5.41) is 6.70. The molecule has 0 atom stereocenters. The molecule has 0 fully saturated rings. The van der Waals surface area contributed by atoms with Crippen molar-refractivity contribution in [1.82, 2.24) is 9.13 Å². The van der Waals surface area contributed by atoms with E-state index in [9.17, 15) is 4.39 Å². The molecule has 0 spiro atoms. The molecule has 3 aromatic heterocycles. The maximum atomic E-state index is 14.7. The minimum absolute atomic E-state index is 0.271. The molecule has 8 aromatic carbocycles. The number of aromatic nitrogens is 2. The number of para-hydroxylation sites is 4. The van der Waals surface area contributed by atoms with Crippen LogP contribution in [0.4, 0.5) is 21.5 Å². The molecule has 4 nitrogen and oxygen atoms in total. The molecule has 11 aromatic rings. The third kappa shape index (κ3) is 4.47. The van der Waals surface area contributed by atoms with Gasteiger partial charge in [-0.1, -0.05) is 91.0 Å². The first-order valence-electron chi connectivity index (χ1n) is 17.8. The van der Waals surface area contributed by atoms with Crippen LogP contribution in [0.1, 0.15) is 0 Å². The fraction of sp³-hybridized carbons (Fsp3) is 0. The van der Waals surface area contributed by atoms with Crippen LogP contribution in [0.2, 0.25) is 0 Å². The number of halogens is 1. The molecule has 3 heterocycles. The van der Waals surface area contributed by atoms with Crippen molar-refractivity contribution >= 4 is 82.6 Å². The summed E-state index contributed by atoms with van der Waals surface area (Å²) in [5.74, 6) is -0.271. The Balaban J connectivity index is 1.24. The van der Waals surface area contributed by atoms with Gasteiger partial charge in [-0.2, -0.15) is 0 Å². The van der Waals surface area contributed by atoms with E-state index in [0.29, 0.717) is 0 Å². The number of fused-ring (bicyclic) bond motifs is 9. The van der Waals surface area contributed by atoms with Gasteiger partial charge in [0.05, 0.1) is 27.8 Å². The van der Waals surface area contributed by atoms with E-state index >= 15 is 0 Å². The molecule has 250 valence electrons. The number of nitrogens with zero attached hydrogens (tertiary/aromatic N) is 3. The Hall–Kier alpha value is -7.11. The monoisotopic (exact) mass is 683 g/mol. The van der Waals surface area contributed by atoms with Crippen LogP contribution in [0.5, 0.6) is 0 Å². The third-order valence-corrected chi connectivity index (χ3v) is 10.5.